The van der Waals surface area contributed by atoms with Crippen LogP contribution in [0.15, 0.2) is 0 Å². The Morgan fingerprint density at radius 2 is 2.09 bits per heavy atom. The molecule has 1 aromatic heterocycles. The molecular formula is C14H20N4O2S2. The standard InChI is InChI=1S/C14H20N4O2S2/c1-8(2)12-16-17-14(22-12)15-11(19)10-6-21-7-18(10)13(20)9-4-3-5-9/h8-10H,3-7H2,1-2H3,(H,15,17,19)/t10-/m0/s1. The maximum Gasteiger partial charge on any atom is 0.249 e. The van der Waals surface area contributed by atoms with Crippen molar-refractivity contribution in [2.24, 2.45) is 5.92 Å². The molecule has 8 heteroatoms. The Morgan fingerprint density at radius 3 is 2.68 bits per heavy atom. The highest BCUT2D eigenvalue weighted by Gasteiger charge is 2.39. The molecule has 6 nitrogen and oxygen atoms in total. The number of rotatable bonds is 4. The largest absolute Gasteiger partial charge is 0.320 e. The van der Waals surface area contributed by atoms with E-state index in [-0.39, 0.29) is 23.8 Å². The lowest BCUT2D eigenvalue weighted by atomic mass is 9.84. The Balaban J connectivity index is 1.63. The van der Waals surface area contributed by atoms with Crippen molar-refractivity contribution < 1.29 is 9.59 Å². The molecule has 0 spiro atoms. The Bertz CT molecular complexity index is 571. The highest BCUT2D eigenvalue weighted by atomic mass is 32.2. The normalized spacial score (nSPS) is 22.0. The average Bonchev–Trinajstić information content (AvgIpc) is 3.04. The van der Waals surface area contributed by atoms with Crippen LogP contribution in [0.5, 0.6) is 0 Å². The van der Waals surface area contributed by atoms with Crippen LogP contribution in [0, 0.1) is 5.92 Å². The van der Waals surface area contributed by atoms with Gasteiger partial charge in [0.1, 0.15) is 11.0 Å². The van der Waals surface area contributed by atoms with E-state index in [9.17, 15) is 9.59 Å². The fourth-order valence-electron chi connectivity index (χ4n) is 2.47. The summed E-state index contributed by atoms with van der Waals surface area (Å²) in [6.07, 6.45) is 3.04. The van der Waals surface area contributed by atoms with E-state index in [0.717, 1.165) is 24.3 Å². The van der Waals surface area contributed by atoms with Gasteiger partial charge >= 0.3 is 0 Å². The molecule has 0 unspecified atom stereocenters. The van der Waals surface area contributed by atoms with Crippen molar-refractivity contribution in [3.63, 3.8) is 0 Å². The predicted octanol–water partition coefficient (Wildman–Crippen LogP) is 2.30. The van der Waals surface area contributed by atoms with Gasteiger partial charge in [-0.15, -0.1) is 22.0 Å². The van der Waals surface area contributed by atoms with Crippen molar-refractivity contribution >= 4 is 40.0 Å². The van der Waals surface area contributed by atoms with Gasteiger partial charge in [-0.25, -0.2) is 0 Å². The first kappa shape index (κ1) is 15.7. The molecule has 1 saturated heterocycles. The second-order valence-electron chi connectivity index (χ2n) is 6.04. The Labute approximate surface area is 138 Å². The van der Waals surface area contributed by atoms with Gasteiger partial charge in [-0.3, -0.25) is 14.9 Å². The van der Waals surface area contributed by atoms with Crippen LogP contribution in [0.3, 0.4) is 0 Å². The van der Waals surface area contributed by atoms with E-state index >= 15 is 0 Å². The van der Waals surface area contributed by atoms with E-state index in [1.807, 2.05) is 13.8 Å². The van der Waals surface area contributed by atoms with Gasteiger partial charge in [-0.05, 0) is 12.8 Å². The number of amides is 2. The van der Waals surface area contributed by atoms with Gasteiger partial charge in [0.2, 0.25) is 16.9 Å². The lowest BCUT2D eigenvalue weighted by molar-refractivity contribution is -0.141. The van der Waals surface area contributed by atoms with Crippen molar-refractivity contribution in [1.29, 1.82) is 0 Å². The van der Waals surface area contributed by atoms with Crippen molar-refractivity contribution in [3.05, 3.63) is 5.01 Å². The molecule has 2 amide bonds. The second-order valence-corrected chi connectivity index (χ2v) is 8.05. The van der Waals surface area contributed by atoms with E-state index in [1.54, 1.807) is 16.7 Å². The van der Waals surface area contributed by atoms with Crippen LogP contribution in [-0.2, 0) is 9.59 Å². The molecule has 2 heterocycles. The smallest absolute Gasteiger partial charge is 0.249 e. The summed E-state index contributed by atoms with van der Waals surface area (Å²) in [4.78, 5) is 26.6. The lowest BCUT2D eigenvalue weighted by Crippen LogP contribution is -2.47. The Hall–Kier alpha value is -1.15. The molecule has 0 radical (unpaired) electrons. The molecular weight excluding hydrogens is 320 g/mol. The SMILES string of the molecule is CC(C)c1nnc(NC(=O)[C@@H]2CSCN2C(=O)C2CCC2)s1. The zero-order valence-corrected chi connectivity index (χ0v) is 14.4. The lowest BCUT2D eigenvalue weighted by Gasteiger charge is -2.31. The second kappa shape index (κ2) is 6.54. The van der Waals surface area contributed by atoms with Crippen molar-refractivity contribution in [1.82, 2.24) is 15.1 Å². The van der Waals surface area contributed by atoms with Gasteiger partial charge in [-0.1, -0.05) is 31.6 Å². The molecule has 0 aromatic carbocycles. The monoisotopic (exact) mass is 340 g/mol. The van der Waals surface area contributed by atoms with E-state index in [1.165, 1.54) is 11.3 Å². The topological polar surface area (TPSA) is 75.2 Å². The zero-order chi connectivity index (χ0) is 15.7. The summed E-state index contributed by atoms with van der Waals surface area (Å²) in [6, 6.07) is -0.385. The number of aromatic nitrogens is 2. The predicted molar refractivity (Wildman–Crippen MR) is 87.9 cm³/mol. The molecule has 1 aliphatic carbocycles. The molecule has 3 rings (SSSR count). The van der Waals surface area contributed by atoms with Crippen LogP contribution in [-0.4, -0.2) is 44.6 Å². The molecule has 0 bridgehead atoms. The maximum absolute atomic E-state index is 12.5. The van der Waals surface area contributed by atoms with Crippen molar-refractivity contribution in [2.75, 3.05) is 16.9 Å². The maximum atomic E-state index is 12.5. The molecule has 1 aliphatic heterocycles. The summed E-state index contributed by atoms with van der Waals surface area (Å²) in [6.45, 7) is 4.08. The molecule has 22 heavy (non-hydrogen) atoms. The van der Waals surface area contributed by atoms with Crippen molar-refractivity contribution in [3.8, 4) is 0 Å². The van der Waals surface area contributed by atoms with Crippen LogP contribution in [0.2, 0.25) is 0 Å². The Kier molecular flexibility index (Phi) is 4.67. The third kappa shape index (κ3) is 3.12. The summed E-state index contributed by atoms with van der Waals surface area (Å²) < 4.78 is 0. The van der Waals surface area contributed by atoms with Crippen LogP contribution >= 0.6 is 23.1 Å². The molecule has 1 atom stereocenters. The number of nitrogens with one attached hydrogen (secondary N) is 1. The number of anilines is 1. The minimum Gasteiger partial charge on any atom is -0.320 e. The number of hydrogen-bond donors (Lipinski definition) is 1. The fraction of sp³-hybridized carbons (Fsp3) is 0.714. The molecule has 1 N–H and O–H groups in total. The first-order chi connectivity index (χ1) is 10.6. The van der Waals surface area contributed by atoms with E-state index in [0.29, 0.717) is 22.7 Å². The fourth-order valence-corrected chi connectivity index (χ4v) is 4.39. The average molecular weight is 340 g/mol. The molecule has 2 fully saturated rings. The summed E-state index contributed by atoms with van der Waals surface area (Å²) in [5, 5.41) is 12.3. The summed E-state index contributed by atoms with van der Waals surface area (Å²) in [7, 11) is 0. The van der Waals surface area contributed by atoms with Crippen LogP contribution in [0.25, 0.3) is 0 Å². The zero-order valence-electron chi connectivity index (χ0n) is 12.7. The number of nitrogens with zero attached hydrogens (tertiary/aromatic N) is 3. The van der Waals surface area contributed by atoms with Crippen molar-refractivity contribution in [2.45, 2.75) is 45.1 Å². The minimum absolute atomic E-state index is 0.128. The van der Waals surface area contributed by atoms with Gasteiger partial charge < -0.3 is 4.90 Å². The Morgan fingerprint density at radius 1 is 1.32 bits per heavy atom. The third-order valence-corrected chi connectivity index (χ3v) is 6.24. The molecule has 120 valence electrons. The number of carbonyl (C=O) groups excluding carboxylic acids is 2. The summed E-state index contributed by atoms with van der Waals surface area (Å²) in [5.74, 6) is 1.67. The minimum atomic E-state index is -0.385. The highest BCUT2D eigenvalue weighted by Crippen LogP contribution is 2.32. The van der Waals surface area contributed by atoms with Crippen LogP contribution < -0.4 is 5.32 Å². The molecule has 1 saturated carbocycles. The van der Waals surface area contributed by atoms with Crippen LogP contribution in [0.1, 0.15) is 44.0 Å². The number of thioether (sulfide) groups is 1. The quantitative estimate of drug-likeness (QED) is 0.910. The highest BCUT2D eigenvalue weighted by molar-refractivity contribution is 7.99. The van der Waals surface area contributed by atoms with Gasteiger partial charge in [0.25, 0.3) is 0 Å². The van der Waals surface area contributed by atoms with E-state index in [2.05, 4.69) is 15.5 Å². The van der Waals surface area contributed by atoms with Gasteiger partial charge in [0.05, 0.1) is 5.88 Å². The first-order valence-corrected chi connectivity index (χ1v) is 9.56. The molecule has 1 aromatic rings. The number of hydrogen-bond acceptors (Lipinski definition) is 6. The van der Waals surface area contributed by atoms with Crippen LogP contribution in [0.4, 0.5) is 5.13 Å². The molecule has 2 aliphatic rings. The third-order valence-electron chi connectivity index (χ3n) is 4.09. The number of carbonyl (C=O) groups is 2. The van der Waals surface area contributed by atoms with Gasteiger partial charge in [-0.2, -0.15) is 0 Å². The van der Waals surface area contributed by atoms with Gasteiger partial charge in [0, 0.05) is 17.6 Å². The van der Waals surface area contributed by atoms with E-state index in [4.69, 9.17) is 0 Å². The summed E-state index contributed by atoms with van der Waals surface area (Å²) in [5.41, 5.74) is 0. The summed E-state index contributed by atoms with van der Waals surface area (Å²) >= 11 is 3.03. The first-order valence-electron chi connectivity index (χ1n) is 7.58. The van der Waals surface area contributed by atoms with E-state index < -0.39 is 0 Å². The van der Waals surface area contributed by atoms with Gasteiger partial charge in [0.15, 0.2) is 0 Å².